The number of nitrogens with zero attached hydrogens (tertiary/aromatic N) is 1. The topological polar surface area (TPSA) is 101 Å². The van der Waals surface area contributed by atoms with E-state index in [9.17, 15) is 4.79 Å². The molecule has 0 radical (unpaired) electrons. The van der Waals surface area contributed by atoms with E-state index >= 15 is 0 Å². The number of rotatable bonds is 5. The van der Waals surface area contributed by atoms with Crippen LogP contribution in [0.3, 0.4) is 0 Å². The van der Waals surface area contributed by atoms with Crippen molar-refractivity contribution in [1.29, 1.82) is 0 Å². The molecule has 0 aliphatic heterocycles. The zero-order valence-electron chi connectivity index (χ0n) is 5.79. The van der Waals surface area contributed by atoms with Crippen LogP contribution in [-0.4, -0.2) is 57.4 Å². The molecule has 0 aliphatic rings. The van der Waals surface area contributed by atoms with Crippen LogP contribution in [0, 0.1) is 0 Å². The van der Waals surface area contributed by atoms with Gasteiger partial charge in [0.2, 0.25) is 6.41 Å². The van der Waals surface area contributed by atoms with E-state index in [1.54, 1.807) is 0 Å². The van der Waals surface area contributed by atoms with Crippen molar-refractivity contribution in [1.82, 2.24) is 4.90 Å². The van der Waals surface area contributed by atoms with Crippen molar-refractivity contribution in [3.05, 3.63) is 0 Å². The Labute approximate surface area is 63.3 Å². The summed E-state index contributed by atoms with van der Waals surface area (Å²) in [6.45, 7) is -0.664. The van der Waals surface area contributed by atoms with Gasteiger partial charge in [-0.1, -0.05) is 0 Å². The maximum atomic E-state index is 10.1. The molecule has 0 aromatic carbocycles. The summed E-state index contributed by atoms with van der Waals surface area (Å²) in [5.41, 5.74) is 0. The van der Waals surface area contributed by atoms with E-state index in [2.05, 4.69) is 0 Å². The van der Waals surface area contributed by atoms with E-state index in [4.69, 9.17) is 20.4 Å². The van der Waals surface area contributed by atoms with Gasteiger partial charge in [-0.15, -0.1) is 0 Å². The van der Waals surface area contributed by atoms with Gasteiger partial charge in [0.15, 0.2) is 12.6 Å². The summed E-state index contributed by atoms with van der Waals surface area (Å²) in [7, 11) is 0. The quantitative estimate of drug-likeness (QED) is 0.258. The van der Waals surface area contributed by atoms with Crippen molar-refractivity contribution in [3.63, 3.8) is 0 Å². The normalized spacial score (nSPS) is 10.7. The summed E-state index contributed by atoms with van der Waals surface area (Å²) in [5.74, 6) is 0. The lowest BCUT2D eigenvalue weighted by molar-refractivity contribution is -0.133. The highest BCUT2D eigenvalue weighted by Crippen LogP contribution is 1.88. The second-order valence-electron chi connectivity index (χ2n) is 2.02. The lowest BCUT2D eigenvalue weighted by Gasteiger charge is -2.18. The maximum Gasteiger partial charge on any atom is 0.210 e. The van der Waals surface area contributed by atoms with Crippen LogP contribution in [0.5, 0.6) is 0 Å². The SMILES string of the molecule is O=CN(CC(O)O)CC(O)O. The van der Waals surface area contributed by atoms with Gasteiger partial charge in [0.25, 0.3) is 0 Å². The second-order valence-corrected chi connectivity index (χ2v) is 2.02. The van der Waals surface area contributed by atoms with Gasteiger partial charge in [-0.2, -0.15) is 0 Å². The van der Waals surface area contributed by atoms with Crippen molar-refractivity contribution in [2.45, 2.75) is 12.6 Å². The average molecular weight is 165 g/mol. The third-order valence-corrected chi connectivity index (χ3v) is 0.945. The molecule has 0 heterocycles. The van der Waals surface area contributed by atoms with Gasteiger partial charge >= 0.3 is 0 Å². The van der Waals surface area contributed by atoms with Crippen LogP contribution in [0.4, 0.5) is 0 Å². The Balaban J connectivity index is 3.67. The molecule has 0 spiro atoms. The molecule has 11 heavy (non-hydrogen) atoms. The summed E-state index contributed by atoms with van der Waals surface area (Å²) in [6, 6.07) is 0. The number of hydrogen-bond acceptors (Lipinski definition) is 5. The van der Waals surface area contributed by atoms with Gasteiger partial charge in [-0.05, 0) is 0 Å². The van der Waals surface area contributed by atoms with Gasteiger partial charge in [0, 0.05) is 0 Å². The highest BCUT2D eigenvalue weighted by molar-refractivity contribution is 5.46. The van der Waals surface area contributed by atoms with Crippen LogP contribution >= 0.6 is 0 Å². The molecule has 66 valence electrons. The highest BCUT2D eigenvalue weighted by Gasteiger charge is 2.09. The van der Waals surface area contributed by atoms with Gasteiger partial charge in [-0.3, -0.25) is 4.79 Å². The zero-order chi connectivity index (χ0) is 8.85. The number of amides is 1. The Hall–Kier alpha value is -0.690. The van der Waals surface area contributed by atoms with Gasteiger partial charge in [0.05, 0.1) is 13.1 Å². The minimum atomic E-state index is -1.65. The standard InChI is InChI=1S/C5H11NO5/c7-3-6(1-4(8)9)2-5(10)11/h3-5,8-11H,1-2H2. The van der Waals surface area contributed by atoms with Crippen LogP contribution < -0.4 is 0 Å². The molecule has 0 unspecified atom stereocenters. The van der Waals surface area contributed by atoms with Crippen LogP contribution in [0.1, 0.15) is 0 Å². The maximum absolute atomic E-state index is 10.1. The molecule has 6 heteroatoms. The predicted molar refractivity (Wildman–Crippen MR) is 34.1 cm³/mol. The number of carbonyl (C=O) groups excluding carboxylic acids is 1. The van der Waals surface area contributed by atoms with Crippen LogP contribution in [0.15, 0.2) is 0 Å². The average Bonchev–Trinajstić information content (AvgIpc) is 1.84. The minimum absolute atomic E-state index is 0.304. The van der Waals surface area contributed by atoms with Crippen molar-refractivity contribution < 1.29 is 25.2 Å². The molecule has 0 rings (SSSR count). The van der Waals surface area contributed by atoms with Crippen molar-refractivity contribution in [2.75, 3.05) is 13.1 Å². The largest absolute Gasteiger partial charge is 0.367 e. The molecule has 0 saturated heterocycles. The third kappa shape index (κ3) is 5.74. The molecule has 0 aliphatic carbocycles. The van der Waals surface area contributed by atoms with Gasteiger partial charge in [-0.25, -0.2) is 0 Å². The molecule has 6 nitrogen and oxygen atoms in total. The molecule has 0 bridgehead atoms. The number of carbonyl (C=O) groups is 1. The Morgan fingerprint density at radius 3 is 1.64 bits per heavy atom. The van der Waals surface area contributed by atoms with Gasteiger partial charge in [0.1, 0.15) is 0 Å². The Morgan fingerprint density at radius 2 is 1.45 bits per heavy atom. The van der Waals surface area contributed by atoms with Crippen molar-refractivity contribution in [2.24, 2.45) is 0 Å². The number of aliphatic hydroxyl groups is 4. The summed E-state index contributed by atoms with van der Waals surface area (Å²) < 4.78 is 0. The Kier molecular flexibility index (Phi) is 4.71. The fourth-order valence-corrected chi connectivity index (χ4v) is 0.580. The lowest BCUT2D eigenvalue weighted by atomic mass is 10.5. The molecule has 0 aromatic rings. The molecular formula is C5H11NO5. The monoisotopic (exact) mass is 165 g/mol. The van der Waals surface area contributed by atoms with Crippen molar-refractivity contribution in [3.8, 4) is 0 Å². The van der Waals surface area contributed by atoms with Crippen LogP contribution in [0.2, 0.25) is 0 Å². The summed E-state index contributed by atoms with van der Waals surface area (Å²) in [5, 5.41) is 33.4. The first-order valence-electron chi connectivity index (χ1n) is 2.98. The molecule has 0 fully saturated rings. The first-order chi connectivity index (χ1) is 5.06. The Morgan fingerprint density at radius 1 is 1.09 bits per heavy atom. The summed E-state index contributed by atoms with van der Waals surface area (Å²) in [6.07, 6.45) is -3.00. The first-order valence-corrected chi connectivity index (χ1v) is 2.98. The Bertz CT molecular complexity index is 105. The smallest absolute Gasteiger partial charge is 0.210 e. The summed E-state index contributed by atoms with van der Waals surface area (Å²) in [4.78, 5) is 10.9. The van der Waals surface area contributed by atoms with E-state index < -0.39 is 12.6 Å². The second kappa shape index (κ2) is 5.03. The highest BCUT2D eigenvalue weighted by atomic mass is 16.5. The molecular weight excluding hydrogens is 154 g/mol. The molecule has 4 N–H and O–H groups in total. The zero-order valence-corrected chi connectivity index (χ0v) is 5.79. The van der Waals surface area contributed by atoms with Crippen LogP contribution in [0.25, 0.3) is 0 Å². The van der Waals surface area contributed by atoms with Crippen LogP contribution in [-0.2, 0) is 4.79 Å². The molecule has 0 saturated carbocycles. The van der Waals surface area contributed by atoms with E-state index in [1.807, 2.05) is 0 Å². The third-order valence-electron chi connectivity index (χ3n) is 0.945. The lowest BCUT2D eigenvalue weighted by Crippen LogP contribution is -2.36. The number of aliphatic hydroxyl groups excluding tert-OH is 2. The molecule has 0 atom stereocenters. The summed E-state index contributed by atoms with van der Waals surface area (Å²) >= 11 is 0. The minimum Gasteiger partial charge on any atom is -0.367 e. The van der Waals surface area contributed by atoms with Crippen molar-refractivity contribution >= 4 is 6.41 Å². The predicted octanol–water partition coefficient (Wildman–Crippen LogP) is -2.93. The fourth-order valence-electron chi connectivity index (χ4n) is 0.580. The molecule has 1 amide bonds. The van der Waals surface area contributed by atoms with E-state index in [0.29, 0.717) is 6.41 Å². The van der Waals surface area contributed by atoms with E-state index in [-0.39, 0.29) is 13.1 Å². The fraction of sp³-hybridized carbons (Fsp3) is 0.800. The van der Waals surface area contributed by atoms with E-state index in [1.165, 1.54) is 0 Å². The number of hydrogen-bond donors (Lipinski definition) is 4. The first kappa shape index (κ1) is 10.3. The van der Waals surface area contributed by atoms with Gasteiger partial charge < -0.3 is 25.3 Å². The molecule has 0 aromatic heterocycles. The van der Waals surface area contributed by atoms with E-state index in [0.717, 1.165) is 4.90 Å².